The van der Waals surface area contributed by atoms with E-state index in [-0.39, 0.29) is 11.5 Å². The molecule has 164 valence electrons. The molecule has 3 aromatic rings. The second kappa shape index (κ2) is 9.87. The molecule has 0 aliphatic heterocycles. The van der Waals surface area contributed by atoms with Gasteiger partial charge >= 0.3 is 5.97 Å². The Bertz CT molecular complexity index is 1130. The first-order valence-electron chi connectivity index (χ1n) is 10.1. The zero-order chi connectivity index (χ0) is 23.3. The molecule has 0 fully saturated rings. The van der Waals surface area contributed by atoms with Crippen molar-refractivity contribution in [1.29, 1.82) is 0 Å². The Kier molecular flexibility index (Phi) is 7.00. The Morgan fingerprint density at radius 3 is 1.91 bits per heavy atom. The van der Waals surface area contributed by atoms with Gasteiger partial charge in [0, 0.05) is 11.3 Å². The van der Waals surface area contributed by atoms with Crippen molar-refractivity contribution in [3.05, 3.63) is 89.7 Å². The Hall–Kier alpha value is -4.00. The van der Waals surface area contributed by atoms with Crippen LogP contribution < -0.4 is 10.6 Å². The maximum Gasteiger partial charge on any atom is 0.326 e. The topological polar surface area (TPSA) is 95.5 Å². The molecule has 0 radical (unpaired) electrons. The van der Waals surface area contributed by atoms with Gasteiger partial charge in [-0.05, 0) is 53.4 Å². The first kappa shape index (κ1) is 22.7. The molecule has 0 saturated carbocycles. The van der Waals surface area contributed by atoms with E-state index in [1.54, 1.807) is 68.4 Å². The lowest BCUT2D eigenvalue weighted by Gasteiger charge is -2.18. The highest BCUT2D eigenvalue weighted by molar-refractivity contribution is 6.04. The third-order valence-electron chi connectivity index (χ3n) is 4.96. The summed E-state index contributed by atoms with van der Waals surface area (Å²) >= 11 is 0. The predicted octanol–water partition coefficient (Wildman–Crippen LogP) is 4.58. The summed E-state index contributed by atoms with van der Waals surface area (Å²) in [5.41, 5.74) is 2.53. The van der Waals surface area contributed by atoms with Crippen LogP contribution in [0.3, 0.4) is 0 Å². The number of rotatable bonds is 7. The van der Waals surface area contributed by atoms with Gasteiger partial charge < -0.3 is 15.7 Å². The van der Waals surface area contributed by atoms with Gasteiger partial charge in [0.05, 0.1) is 5.56 Å². The second-order valence-electron chi connectivity index (χ2n) is 7.62. The van der Waals surface area contributed by atoms with E-state index in [2.05, 4.69) is 10.6 Å². The molecular formula is C25H23FN2O4. The molecule has 0 saturated heterocycles. The molecule has 0 bridgehead atoms. The van der Waals surface area contributed by atoms with Gasteiger partial charge in [-0.15, -0.1) is 0 Å². The number of amides is 2. The first-order chi connectivity index (χ1) is 15.3. The van der Waals surface area contributed by atoms with E-state index >= 15 is 0 Å². The molecule has 0 aliphatic rings. The van der Waals surface area contributed by atoms with Gasteiger partial charge in [-0.25, -0.2) is 9.18 Å². The number of hydrogen-bond acceptors (Lipinski definition) is 3. The number of carboxylic acids is 1. The molecule has 0 heterocycles. The minimum Gasteiger partial charge on any atom is -0.480 e. The molecule has 0 aliphatic carbocycles. The van der Waals surface area contributed by atoms with Crippen molar-refractivity contribution in [3.63, 3.8) is 0 Å². The minimum atomic E-state index is -1.08. The van der Waals surface area contributed by atoms with Crippen LogP contribution >= 0.6 is 0 Å². The van der Waals surface area contributed by atoms with Crippen LogP contribution in [0.2, 0.25) is 0 Å². The van der Waals surface area contributed by atoms with E-state index in [4.69, 9.17) is 0 Å². The SMILES string of the molecule is CC(C)[C@@H](NC(=O)c1ccc(-c2ccc(NC(=O)c3ccccc3F)cc2)cc1)C(=O)O. The molecule has 3 aromatic carbocycles. The molecule has 7 heteroatoms. The molecule has 3 rings (SSSR count). The van der Waals surface area contributed by atoms with Crippen LogP contribution in [0.4, 0.5) is 10.1 Å². The van der Waals surface area contributed by atoms with Crippen molar-refractivity contribution >= 4 is 23.5 Å². The number of carboxylic acid groups (broad SMARTS) is 1. The van der Waals surface area contributed by atoms with Crippen molar-refractivity contribution < 1.29 is 23.9 Å². The van der Waals surface area contributed by atoms with Crippen LogP contribution in [-0.2, 0) is 4.79 Å². The third-order valence-corrected chi connectivity index (χ3v) is 4.96. The molecule has 3 N–H and O–H groups in total. The number of halogens is 1. The van der Waals surface area contributed by atoms with Crippen molar-refractivity contribution in [3.8, 4) is 11.1 Å². The Morgan fingerprint density at radius 2 is 1.38 bits per heavy atom. The lowest BCUT2D eigenvalue weighted by molar-refractivity contribution is -0.140. The van der Waals surface area contributed by atoms with Crippen LogP contribution in [0.1, 0.15) is 34.6 Å². The number of carbonyl (C=O) groups excluding carboxylic acids is 2. The average molecular weight is 434 g/mol. The van der Waals surface area contributed by atoms with Crippen LogP contribution in [0.5, 0.6) is 0 Å². The van der Waals surface area contributed by atoms with Crippen molar-refractivity contribution in [1.82, 2.24) is 5.32 Å². The lowest BCUT2D eigenvalue weighted by Crippen LogP contribution is -2.44. The standard InChI is InChI=1S/C25H23FN2O4/c1-15(2)22(25(31)32)28-23(29)18-9-7-16(8-10-18)17-11-13-19(14-12-17)27-24(30)20-5-3-4-6-21(20)26/h3-15,22H,1-2H3,(H,27,30)(H,28,29)(H,31,32)/t22-/m1/s1. The zero-order valence-electron chi connectivity index (χ0n) is 17.6. The monoisotopic (exact) mass is 434 g/mol. The number of aliphatic carboxylic acids is 1. The number of nitrogens with one attached hydrogen (secondary N) is 2. The normalized spacial score (nSPS) is 11.6. The van der Waals surface area contributed by atoms with E-state index in [1.165, 1.54) is 18.2 Å². The van der Waals surface area contributed by atoms with E-state index in [0.29, 0.717) is 11.3 Å². The van der Waals surface area contributed by atoms with Crippen LogP contribution in [0, 0.1) is 11.7 Å². The van der Waals surface area contributed by atoms with Gasteiger partial charge in [-0.2, -0.15) is 0 Å². The van der Waals surface area contributed by atoms with Gasteiger partial charge in [0.15, 0.2) is 0 Å². The number of carbonyl (C=O) groups is 3. The summed E-state index contributed by atoms with van der Waals surface area (Å²) in [5.74, 6) is -2.90. The zero-order valence-corrected chi connectivity index (χ0v) is 17.6. The van der Waals surface area contributed by atoms with E-state index in [0.717, 1.165) is 11.1 Å². The van der Waals surface area contributed by atoms with Gasteiger partial charge in [0.1, 0.15) is 11.9 Å². The predicted molar refractivity (Wildman–Crippen MR) is 120 cm³/mol. The highest BCUT2D eigenvalue weighted by atomic mass is 19.1. The maximum atomic E-state index is 13.7. The Labute approximate surface area is 185 Å². The lowest BCUT2D eigenvalue weighted by atomic mass is 10.0. The molecule has 6 nitrogen and oxygen atoms in total. The minimum absolute atomic E-state index is 0.0342. The molecule has 2 amide bonds. The van der Waals surface area contributed by atoms with Crippen LogP contribution in [0.25, 0.3) is 11.1 Å². The van der Waals surface area contributed by atoms with Gasteiger partial charge in [0.2, 0.25) is 0 Å². The fourth-order valence-electron chi connectivity index (χ4n) is 3.14. The first-order valence-corrected chi connectivity index (χ1v) is 10.1. The molecule has 1 atom stereocenters. The van der Waals surface area contributed by atoms with Crippen molar-refractivity contribution in [2.45, 2.75) is 19.9 Å². The quantitative estimate of drug-likeness (QED) is 0.507. The van der Waals surface area contributed by atoms with E-state index in [9.17, 15) is 23.9 Å². The van der Waals surface area contributed by atoms with E-state index in [1.807, 2.05) is 0 Å². The third kappa shape index (κ3) is 5.37. The number of hydrogen-bond donors (Lipinski definition) is 3. The Balaban J connectivity index is 1.67. The summed E-state index contributed by atoms with van der Waals surface area (Å²) < 4.78 is 13.7. The second-order valence-corrected chi connectivity index (χ2v) is 7.62. The molecule has 0 spiro atoms. The molecule has 32 heavy (non-hydrogen) atoms. The molecule has 0 unspecified atom stereocenters. The molecule has 0 aromatic heterocycles. The highest BCUT2D eigenvalue weighted by Gasteiger charge is 2.23. The smallest absolute Gasteiger partial charge is 0.326 e. The maximum absolute atomic E-state index is 13.7. The fourth-order valence-corrected chi connectivity index (χ4v) is 3.14. The summed E-state index contributed by atoms with van der Waals surface area (Å²) in [7, 11) is 0. The van der Waals surface area contributed by atoms with Crippen molar-refractivity contribution in [2.75, 3.05) is 5.32 Å². The number of anilines is 1. The number of benzene rings is 3. The van der Waals surface area contributed by atoms with Crippen molar-refractivity contribution in [2.24, 2.45) is 5.92 Å². The summed E-state index contributed by atoms with van der Waals surface area (Å²) in [5, 5.41) is 14.4. The largest absolute Gasteiger partial charge is 0.480 e. The highest BCUT2D eigenvalue weighted by Crippen LogP contribution is 2.22. The van der Waals surface area contributed by atoms with Gasteiger partial charge in [-0.1, -0.05) is 50.2 Å². The summed E-state index contributed by atoms with van der Waals surface area (Å²) in [6.07, 6.45) is 0. The molecular weight excluding hydrogens is 411 g/mol. The van der Waals surface area contributed by atoms with Gasteiger partial charge in [-0.3, -0.25) is 9.59 Å². The summed E-state index contributed by atoms with van der Waals surface area (Å²) in [6, 6.07) is 18.5. The van der Waals surface area contributed by atoms with Crippen LogP contribution in [0.15, 0.2) is 72.8 Å². The fraction of sp³-hybridized carbons (Fsp3) is 0.160. The van der Waals surface area contributed by atoms with Gasteiger partial charge in [0.25, 0.3) is 11.8 Å². The van der Waals surface area contributed by atoms with Crippen LogP contribution in [-0.4, -0.2) is 28.9 Å². The summed E-state index contributed by atoms with van der Waals surface area (Å²) in [6.45, 7) is 3.45. The van der Waals surface area contributed by atoms with E-state index < -0.39 is 29.6 Å². The average Bonchev–Trinajstić information content (AvgIpc) is 2.77. The summed E-state index contributed by atoms with van der Waals surface area (Å²) in [4.78, 5) is 35.9. The Morgan fingerprint density at radius 1 is 0.812 bits per heavy atom.